The summed E-state index contributed by atoms with van der Waals surface area (Å²) in [6.07, 6.45) is 3.43. The van der Waals surface area contributed by atoms with Crippen LogP contribution in [-0.2, 0) is 11.2 Å². The van der Waals surface area contributed by atoms with Gasteiger partial charge in [-0.25, -0.2) is 0 Å². The largest absolute Gasteiger partial charge is 0.351 e. The molecule has 0 unspecified atom stereocenters. The Hall–Kier alpha value is -1.06. The second kappa shape index (κ2) is 7.65. The molecule has 1 saturated heterocycles. The molecule has 1 heterocycles. The second-order valence-electron chi connectivity index (χ2n) is 5.84. The van der Waals surface area contributed by atoms with Crippen LogP contribution in [0.5, 0.6) is 0 Å². The van der Waals surface area contributed by atoms with E-state index in [4.69, 9.17) is 0 Å². The van der Waals surface area contributed by atoms with Gasteiger partial charge in [0.2, 0.25) is 5.91 Å². The molecule has 2 rings (SSSR count). The zero-order chi connectivity index (χ0) is 13.7. The van der Waals surface area contributed by atoms with Crippen LogP contribution < -0.4 is 10.6 Å². The van der Waals surface area contributed by atoms with Crippen LogP contribution in [0.1, 0.15) is 37.3 Å². The van der Waals surface area contributed by atoms with Crippen molar-refractivity contribution in [2.45, 2.75) is 45.1 Å². The lowest BCUT2D eigenvalue weighted by Crippen LogP contribution is -2.52. The van der Waals surface area contributed by atoms with Crippen molar-refractivity contribution in [3.8, 4) is 0 Å². The number of hydrogen-bond acceptors (Lipinski definition) is 2. The number of carbonyl (C=O) groups is 1. The lowest BCUT2D eigenvalue weighted by molar-refractivity contribution is -0.123. The molecule has 3 nitrogen and oxygen atoms in total. The number of carbonyl (C=O) groups excluding carboxylic acids is 1. The van der Waals surface area contributed by atoms with E-state index in [1.54, 1.807) is 0 Å². The topological polar surface area (TPSA) is 41.1 Å². The Morgan fingerprint density at radius 3 is 2.45 bits per heavy atom. The smallest absolute Gasteiger partial charge is 0.220 e. The Morgan fingerprint density at radius 1 is 1.25 bits per heavy atom. The molecule has 0 spiro atoms. The minimum atomic E-state index is -0.0182. The number of aryl methyl sites for hydroxylation is 2. The molecule has 1 aromatic rings. The zero-order valence-electron chi connectivity index (χ0n) is 12.4. The number of rotatable bonds is 4. The van der Waals surface area contributed by atoms with Gasteiger partial charge in [-0.2, -0.15) is 0 Å². The quantitative estimate of drug-likeness (QED) is 0.897. The van der Waals surface area contributed by atoms with Gasteiger partial charge in [0.05, 0.1) is 0 Å². The molecular formula is C16H25ClN2O. The molecule has 1 amide bonds. The van der Waals surface area contributed by atoms with Gasteiger partial charge in [-0.05, 0) is 51.8 Å². The third-order valence-corrected chi connectivity index (χ3v) is 3.91. The van der Waals surface area contributed by atoms with Gasteiger partial charge in [-0.3, -0.25) is 4.79 Å². The van der Waals surface area contributed by atoms with Gasteiger partial charge in [0.15, 0.2) is 0 Å². The van der Waals surface area contributed by atoms with Crippen molar-refractivity contribution in [1.82, 2.24) is 10.6 Å². The van der Waals surface area contributed by atoms with Crippen molar-refractivity contribution in [1.29, 1.82) is 0 Å². The first kappa shape index (κ1) is 17.0. The summed E-state index contributed by atoms with van der Waals surface area (Å²) in [5, 5.41) is 6.52. The van der Waals surface area contributed by atoms with Gasteiger partial charge in [-0.1, -0.05) is 29.8 Å². The highest BCUT2D eigenvalue weighted by Crippen LogP contribution is 2.17. The molecule has 0 radical (unpaired) electrons. The molecule has 112 valence electrons. The summed E-state index contributed by atoms with van der Waals surface area (Å²) in [4.78, 5) is 12.0. The SMILES string of the molecule is Cc1ccc(CCC(=O)NC2(C)CCNCC2)cc1.Cl. The van der Waals surface area contributed by atoms with Gasteiger partial charge in [0.25, 0.3) is 0 Å². The molecular weight excluding hydrogens is 272 g/mol. The van der Waals surface area contributed by atoms with E-state index in [1.807, 2.05) is 0 Å². The number of halogens is 1. The number of amides is 1. The van der Waals surface area contributed by atoms with Crippen LogP contribution in [0.25, 0.3) is 0 Å². The third kappa shape index (κ3) is 5.14. The van der Waals surface area contributed by atoms with Gasteiger partial charge in [0.1, 0.15) is 0 Å². The summed E-state index contributed by atoms with van der Waals surface area (Å²) in [5.74, 6) is 0.171. The molecule has 1 aromatic carbocycles. The lowest BCUT2D eigenvalue weighted by atomic mass is 9.90. The van der Waals surface area contributed by atoms with Gasteiger partial charge >= 0.3 is 0 Å². The van der Waals surface area contributed by atoms with E-state index >= 15 is 0 Å². The molecule has 0 aliphatic carbocycles. The minimum Gasteiger partial charge on any atom is -0.351 e. The first-order valence-electron chi connectivity index (χ1n) is 7.15. The second-order valence-corrected chi connectivity index (χ2v) is 5.84. The van der Waals surface area contributed by atoms with Crippen molar-refractivity contribution in [2.75, 3.05) is 13.1 Å². The average Bonchev–Trinajstić information content (AvgIpc) is 2.38. The maximum Gasteiger partial charge on any atom is 0.220 e. The highest BCUT2D eigenvalue weighted by molar-refractivity contribution is 5.85. The number of hydrogen-bond donors (Lipinski definition) is 2. The molecule has 0 aromatic heterocycles. The predicted molar refractivity (Wildman–Crippen MR) is 85.4 cm³/mol. The normalized spacial score (nSPS) is 17.1. The van der Waals surface area contributed by atoms with E-state index in [-0.39, 0.29) is 23.9 Å². The van der Waals surface area contributed by atoms with Crippen molar-refractivity contribution in [3.63, 3.8) is 0 Å². The van der Waals surface area contributed by atoms with Gasteiger partial charge < -0.3 is 10.6 Å². The summed E-state index contributed by atoms with van der Waals surface area (Å²) in [5.41, 5.74) is 2.47. The summed E-state index contributed by atoms with van der Waals surface area (Å²) in [7, 11) is 0. The fraction of sp³-hybridized carbons (Fsp3) is 0.562. The van der Waals surface area contributed by atoms with Crippen molar-refractivity contribution >= 4 is 18.3 Å². The van der Waals surface area contributed by atoms with E-state index in [1.165, 1.54) is 11.1 Å². The van der Waals surface area contributed by atoms with Crippen molar-refractivity contribution < 1.29 is 4.79 Å². The Balaban J connectivity index is 0.00000200. The van der Waals surface area contributed by atoms with Crippen LogP contribution >= 0.6 is 12.4 Å². The summed E-state index contributed by atoms with van der Waals surface area (Å²) >= 11 is 0. The summed E-state index contributed by atoms with van der Waals surface area (Å²) in [6, 6.07) is 8.41. The van der Waals surface area contributed by atoms with Crippen LogP contribution in [-0.4, -0.2) is 24.5 Å². The highest BCUT2D eigenvalue weighted by atomic mass is 35.5. The molecule has 1 fully saturated rings. The monoisotopic (exact) mass is 296 g/mol. The molecule has 0 bridgehead atoms. The number of benzene rings is 1. The van der Waals surface area contributed by atoms with Crippen LogP contribution in [0.2, 0.25) is 0 Å². The van der Waals surface area contributed by atoms with E-state index in [0.29, 0.717) is 6.42 Å². The lowest BCUT2D eigenvalue weighted by Gasteiger charge is -2.35. The van der Waals surface area contributed by atoms with Crippen LogP contribution in [0.4, 0.5) is 0 Å². The average molecular weight is 297 g/mol. The first-order chi connectivity index (χ1) is 9.07. The third-order valence-electron chi connectivity index (χ3n) is 3.91. The fourth-order valence-electron chi connectivity index (χ4n) is 2.52. The Kier molecular flexibility index (Phi) is 6.50. The minimum absolute atomic E-state index is 0. The Bertz CT molecular complexity index is 425. The maximum atomic E-state index is 12.0. The van der Waals surface area contributed by atoms with Crippen LogP contribution in [0, 0.1) is 6.92 Å². The molecule has 2 N–H and O–H groups in total. The fourth-order valence-corrected chi connectivity index (χ4v) is 2.52. The van der Waals surface area contributed by atoms with Crippen LogP contribution in [0.15, 0.2) is 24.3 Å². The van der Waals surface area contributed by atoms with Crippen LogP contribution in [0.3, 0.4) is 0 Å². The van der Waals surface area contributed by atoms with Crippen molar-refractivity contribution in [2.24, 2.45) is 0 Å². The standard InChI is InChI=1S/C16H24N2O.ClH/c1-13-3-5-14(6-4-13)7-8-15(19)18-16(2)9-11-17-12-10-16;/h3-6,17H,7-12H2,1-2H3,(H,18,19);1H. The molecule has 0 saturated carbocycles. The molecule has 20 heavy (non-hydrogen) atoms. The zero-order valence-corrected chi connectivity index (χ0v) is 13.2. The van der Waals surface area contributed by atoms with Gasteiger partial charge in [0, 0.05) is 12.0 Å². The Labute approximate surface area is 127 Å². The molecule has 1 aliphatic rings. The van der Waals surface area contributed by atoms with E-state index in [0.717, 1.165) is 32.4 Å². The molecule has 1 aliphatic heterocycles. The maximum absolute atomic E-state index is 12.0. The summed E-state index contributed by atoms with van der Waals surface area (Å²) in [6.45, 7) is 6.22. The number of nitrogens with one attached hydrogen (secondary N) is 2. The Morgan fingerprint density at radius 2 is 1.85 bits per heavy atom. The number of piperidine rings is 1. The molecule has 4 heteroatoms. The predicted octanol–water partition coefficient (Wildman–Crippen LogP) is 2.61. The molecule has 0 atom stereocenters. The van der Waals surface area contributed by atoms with Crippen molar-refractivity contribution in [3.05, 3.63) is 35.4 Å². The van der Waals surface area contributed by atoms with E-state index < -0.39 is 0 Å². The van der Waals surface area contributed by atoms with E-state index in [2.05, 4.69) is 48.7 Å². The van der Waals surface area contributed by atoms with Gasteiger partial charge in [-0.15, -0.1) is 12.4 Å². The van der Waals surface area contributed by atoms with E-state index in [9.17, 15) is 4.79 Å². The first-order valence-corrected chi connectivity index (χ1v) is 7.15. The highest BCUT2D eigenvalue weighted by Gasteiger charge is 2.27. The summed E-state index contributed by atoms with van der Waals surface area (Å²) < 4.78 is 0.